The number of hydrogen-bond donors (Lipinski definition) is 1. The molecule has 25 heavy (non-hydrogen) atoms. The van der Waals surface area contributed by atoms with Gasteiger partial charge in [0.25, 0.3) is 0 Å². The van der Waals surface area contributed by atoms with Crippen LogP contribution in [0.25, 0.3) is 11.0 Å². The smallest absolute Gasteiger partial charge is 0.422 e. The molecule has 3 aromatic rings. The quantitative estimate of drug-likeness (QED) is 0.741. The summed E-state index contributed by atoms with van der Waals surface area (Å²) in [4.78, 5) is 10.3. The zero-order chi connectivity index (χ0) is 23.4. The van der Waals surface area contributed by atoms with Crippen LogP contribution >= 0.6 is 0 Å². The number of halogens is 3. The molecule has 2 heterocycles. The summed E-state index contributed by atoms with van der Waals surface area (Å²) in [6.07, 6.45) is -6.44. The van der Waals surface area contributed by atoms with Crippen LogP contribution in [0.3, 0.4) is 0 Å². The Morgan fingerprint density at radius 1 is 1.40 bits per heavy atom. The molecule has 9 heteroatoms. The summed E-state index contributed by atoms with van der Waals surface area (Å²) in [6, 6.07) is 5.57. The van der Waals surface area contributed by atoms with E-state index in [1.54, 1.807) is 24.3 Å². The third kappa shape index (κ3) is 4.16. The molecule has 3 rings (SSSR count). The number of nitrogens with one attached hydrogen (secondary N) is 1. The number of hydrogen-bond acceptors (Lipinski definition) is 4. The summed E-state index contributed by atoms with van der Waals surface area (Å²) < 4.78 is 102. The third-order valence-corrected chi connectivity index (χ3v) is 3.96. The Labute approximate surface area is 152 Å². The number of aromatic nitrogens is 3. The molecule has 0 fully saturated rings. The minimum absolute atomic E-state index is 0.276. The van der Waals surface area contributed by atoms with Crippen molar-refractivity contribution in [2.24, 2.45) is 0 Å². The summed E-state index contributed by atoms with van der Waals surface area (Å²) >= 11 is 0. The van der Waals surface area contributed by atoms with Crippen molar-refractivity contribution in [3.63, 3.8) is 0 Å². The molecule has 0 saturated carbocycles. The van der Waals surface area contributed by atoms with Gasteiger partial charge in [-0.1, -0.05) is 12.1 Å². The van der Waals surface area contributed by atoms with Gasteiger partial charge in [0.1, 0.15) is 5.75 Å². The van der Waals surface area contributed by atoms with Gasteiger partial charge in [0, 0.05) is 14.5 Å². The van der Waals surface area contributed by atoms with E-state index in [4.69, 9.17) is 8.22 Å². The molecular formula is C16H14F3N3O2S. The Bertz CT molecular complexity index is 1150. The first kappa shape index (κ1) is 11.2. The lowest BCUT2D eigenvalue weighted by atomic mass is 10.2. The minimum atomic E-state index is -5.46. The fraction of sp³-hybridized carbons (Fsp3) is 0.250. The predicted octanol–water partition coefficient (Wildman–Crippen LogP) is 3.52. The van der Waals surface area contributed by atoms with Crippen molar-refractivity contribution in [3.8, 4) is 5.75 Å². The summed E-state index contributed by atoms with van der Waals surface area (Å²) in [5, 5.41) is -0.276. The maximum Gasteiger partial charge on any atom is 0.422 e. The molecule has 0 saturated heterocycles. The van der Waals surface area contributed by atoms with Gasteiger partial charge in [-0.05, 0) is 25.1 Å². The Morgan fingerprint density at radius 2 is 2.16 bits per heavy atom. The minimum Gasteiger partial charge on any atom is -0.484 e. The normalized spacial score (nSPS) is 17.8. The van der Waals surface area contributed by atoms with E-state index in [2.05, 4.69) is 19.7 Å². The molecular weight excluding hydrogens is 355 g/mol. The van der Waals surface area contributed by atoms with E-state index in [0.29, 0.717) is 11.0 Å². The average molecular weight is 375 g/mol. The van der Waals surface area contributed by atoms with Crippen molar-refractivity contribution < 1.29 is 30.3 Å². The van der Waals surface area contributed by atoms with Gasteiger partial charge in [0.15, 0.2) is 11.7 Å². The Kier molecular flexibility index (Phi) is 3.07. The number of benzene rings is 1. The van der Waals surface area contributed by atoms with Crippen LogP contribution in [0.2, 0.25) is 0 Å². The van der Waals surface area contributed by atoms with Crippen LogP contribution in [0.5, 0.6) is 5.75 Å². The van der Waals surface area contributed by atoms with Crippen molar-refractivity contribution in [2.45, 2.75) is 24.0 Å². The number of rotatable bonds is 5. The first-order valence-electron chi connectivity index (χ1n) is 9.77. The van der Waals surface area contributed by atoms with E-state index in [9.17, 15) is 17.4 Å². The highest BCUT2D eigenvalue weighted by molar-refractivity contribution is 7.84. The van der Waals surface area contributed by atoms with Crippen LogP contribution in [0.4, 0.5) is 13.2 Å². The van der Waals surface area contributed by atoms with E-state index in [1.807, 2.05) is 0 Å². The number of imidazole rings is 1. The van der Waals surface area contributed by atoms with E-state index >= 15 is 0 Å². The zero-order valence-corrected chi connectivity index (χ0v) is 13.4. The van der Waals surface area contributed by atoms with Crippen LogP contribution in [0.1, 0.15) is 19.5 Å². The second-order valence-corrected chi connectivity index (χ2v) is 5.91. The standard InChI is InChI=1S/C16H14F3N3O2S/c1-10-13(20-7-6-14(10)24-9-16(17,18)19)8-25(23)15-21-11-4-2-3-5-12(11)22-15/h2-7H,8-9H2,1H3,(H,21,22)/i6D,7D,8D2,9D2. The molecule has 0 amide bonds. The maximum atomic E-state index is 12.9. The van der Waals surface area contributed by atoms with Gasteiger partial charge in [0.05, 0.1) is 38.7 Å². The molecule has 0 aliphatic carbocycles. The van der Waals surface area contributed by atoms with Gasteiger partial charge in [-0.3, -0.25) is 9.19 Å². The summed E-state index contributed by atoms with van der Waals surface area (Å²) in [6.45, 7) is -3.18. The third-order valence-electron chi connectivity index (χ3n) is 3.03. The van der Waals surface area contributed by atoms with Crippen LogP contribution in [-0.2, 0) is 16.5 Å². The van der Waals surface area contributed by atoms with E-state index in [0.717, 1.165) is 6.92 Å². The molecule has 0 spiro atoms. The van der Waals surface area contributed by atoms with Gasteiger partial charge in [-0.2, -0.15) is 13.2 Å². The first-order chi connectivity index (χ1) is 14.2. The number of para-hydroxylation sites is 2. The molecule has 0 bridgehead atoms. The molecule has 1 atom stereocenters. The number of fused-ring (bicyclic) bond motifs is 1. The number of ether oxygens (including phenoxy) is 1. The topological polar surface area (TPSA) is 67.9 Å². The summed E-state index contributed by atoms with van der Waals surface area (Å²) in [7, 11) is -2.56. The van der Waals surface area contributed by atoms with E-state index in [1.165, 1.54) is 0 Å². The molecule has 132 valence electrons. The number of pyridine rings is 1. The van der Waals surface area contributed by atoms with Crippen molar-refractivity contribution >= 4 is 21.8 Å². The van der Waals surface area contributed by atoms with Gasteiger partial charge in [0.2, 0.25) is 0 Å². The first-order valence-corrected chi connectivity index (χ1v) is 7.92. The van der Waals surface area contributed by atoms with E-state index in [-0.39, 0.29) is 5.16 Å². The monoisotopic (exact) mass is 375 g/mol. The molecule has 2 aromatic heterocycles. The van der Waals surface area contributed by atoms with Crippen LogP contribution in [-0.4, -0.2) is 31.9 Å². The largest absolute Gasteiger partial charge is 0.484 e. The number of alkyl halides is 3. The van der Waals surface area contributed by atoms with Gasteiger partial charge in [-0.15, -0.1) is 0 Å². The highest BCUT2D eigenvalue weighted by atomic mass is 32.2. The maximum absolute atomic E-state index is 12.9. The summed E-state index contributed by atoms with van der Waals surface area (Å²) in [5.41, 5.74) is -3.23. The highest BCUT2D eigenvalue weighted by Gasteiger charge is 2.29. The predicted molar refractivity (Wildman–Crippen MR) is 86.7 cm³/mol. The Morgan fingerprint density at radius 3 is 2.88 bits per heavy atom. The summed E-state index contributed by atoms with van der Waals surface area (Å²) in [5.74, 6) is -1.03. The van der Waals surface area contributed by atoms with Crippen LogP contribution in [0, 0.1) is 6.92 Å². The van der Waals surface area contributed by atoms with Crippen molar-refractivity contribution in [1.82, 2.24) is 15.0 Å². The molecule has 5 nitrogen and oxygen atoms in total. The SMILES string of the molecule is [2H]c1nc(C([2H])([2H])S(=O)c2nc3ccccc3[nH]2)c(C)c(OC([2H])([2H])C(F)(F)F)c1[2H]. The Balaban J connectivity index is 2.10. The number of H-pyrrole nitrogens is 1. The molecule has 0 aliphatic heterocycles. The lowest BCUT2D eigenvalue weighted by Gasteiger charge is -2.13. The van der Waals surface area contributed by atoms with Crippen molar-refractivity contribution in [3.05, 3.63) is 47.7 Å². The molecule has 0 radical (unpaired) electrons. The van der Waals surface area contributed by atoms with Crippen LogP contribution in [0.15, 0.2) is 41.6 Å². The average Bonchev–Trinajstić information content (AvgIpc) is 3.10. The highest BCUT2D eigenvalue weighted by Crippen LogP contribution is 2.24. The lowest BCUT2D eigenvalue weighted by Crippen LogP contribution is -2.19. The zero-order valence-electron chi connectivity index (χ0n) is 18.6. The molecule has 1 aromatic carbocycles. The van der Waals surface area contributed by atoms with Crippen molar-refractivity contribution in [1.29, 1.82) is 0 Å². The second kappa shape index (κ2) is 6.83. The van der Waals surface area contributed by atoms with Gasteiger partial charge < -0.3 is 9.72 Å². The number of aromatic amines is 1. The molecule has 1 N–H and O–H groups in total. The van der Waals surface area contributed by atoms with Crippen molar-refractivity contribution in [2.75, 3.05) is 6.56 Å². The van der Waals surface area contributed by atoms with Gasteiger partial charge >= 0.3 is 6.18 Å². The molecule has 1 unspecified atom stereocenters. The molecule has 0 aliphatic rings. The Hall–Kier alpha value is -2.42. The van der Waals surface area contributed by atoms with Crippen LogP contribution < -0.4 is 4.74 Å². The fourth-order valence-corrected chi connectivity index (χ4v) is 2.74. The fourth-order valence-electron chi connectivity index (χ4n) is 1.88. The number of nitrogens with zero attached hydrogens (tertiary/aromatic N) is 2. The lowest BCUT2D eigenvalue weighted by molar-refractivity contribution is -0.153. The second-order valence-electron chi connectivity index (χ2n) is 4.78. The van der Waals surface area contributed by atoms with Gasteiger partial charge in [-0.25, -0.2) is 4.98 Å². The van der Waals surface area contributed by atoms with E-state index < -0.39 is 58.5 Å².